The number of hydrogen-bond acceptors (Lipinski definition) is 3. The fourth-order valence-corrected chi connectivity index (χ4v) is 7.46. The molecule has 7 aromatic carbocycles. The first-order valence-electron chi connectivity index (χ1n) is 15.4. The van der Waals surface area contributed by atoms with Gasteiger partial charge < -0.3 is 4.42 Å². The summed E-state index contributed by atoms with van der Waals surface area (Å²) in [5.74, 6) is 0.619. The van der Waals surface area contributed by atoms with Crippen molar-refractivity contribution in [3.05, 3.63) is 164 Å². The Balaban J connectivity index is 1.22. The van der Waals surface area contributed by atoms with Crippen molar-refractivity contribution in [1.29, 1.82) is 0 Å². The van der Waals surface area contributed by atoms with Crippen LogP contribution in [0, 0.1) is 0 Å². The predicted octanol–water partition coefficient (Wildman–Crippen LogP) is 12.5. The Labute approximate surface area is 270 Å². The van der Waals surface area contributed by atoms with Crippen LogP contribution < -0.4 is 0 Å². The molecule has 0 aliphatic heterocycles. The molecule has 0 amide bonds. The van der Waals surface area contributed by atoms with Gasteiger partial charge in [0.05, 0.1) is 0 Å². The van der Waals surface area contributed by atoms with Gasteiger partial charge in [0.2, 0.25) is 5.89 Å². The van der Waals surface area contributed by atoms with Crippen LogP contribution in [0.1, 0.15) is 0 Å². The first-order valence-corrected chi connectivity index (χ1v) is 16.3. The molecule has 2 heterocycles. The van der Waals surface area contributed by atoms with Gasteiger partial charge in [0, 0.05) is 31.3 Å². The van der Waals surface area contributed by atoms with Gasteiger partial charge in [0.1, 0.15) is 5.52 Å². The first kappa shape index (κ1) is 26.6. The maximum Gasteiger partial charge on any atom is 0.227 e. The maximum absolute atomic E-state index is 6.57. The Morgan fingerprint density at radius 2 is 0.978 bits per heavy atom. The van der Waals surface area contributed by atoms with Crippen molar-refractivity contribution in [2.24, 2.45) is 0 Å². The summed E-state index contributed by atoms with van der Waals surface area (Å²) in [7, 11) is 0. The van der Waals surface area contributed by atoms with Gasteiger partial charge >= 0.3 is 0 Å². The summed E-state index contributed by atoms with van der Waals surface area (Å²) in [4.78, 5) is 5.13. The standard InChI is InChI=1S/C43H27NOS/c1-3-10-28(11-4-1)30-18-20-31(21-19-30)43-44-42-37(34-22-23-41-38(25-34)36-16-7-8-17-40(36)46-41)26-35(27-39(42)45-43)33-15-9-14-32(24-33)29-12-5-2-6-13-29/h1-27H. The smallest absolute Gasteiger partial charge is 0.227 e. The fourth-order valence-electron chi connectivity index (χ4n) is 6.38. The van der Waals surface area contributed by atoms with E-state index in [1.54, 1.807) is 0 Å². The number of aromatic nitrogens is 1. The summed E-state index contributed by atoms with van der Waals surface area (Å²) >= 11 is 1.84. The SMILES string of the molecule is c1ccc(-c2ccc(-c3nc4c(-c5ccc6sc7ccccc7c6c5)cc(-c5cccc(-c6ccccc6)c5)cc4o3)cc2)cc1. The van der Waals surface area contributed by atoms with Gasteiger partial charge in [-0.05, 0) is 87.5 Å². The van der Waals surface area contributed by atoms with E-state index >= 15 is 0 Å². The van der Waals surface area contributed by atoms with Gasteiger partial charge in [-0.2, -0.15) is 0 Å². The van der Waals surface area contributed by atoms with Crippen molar-refractivity contribution in [2.75, 3.05) is 0 Å². The third-order valence-electron chi connectivity index (χ3n) is 8.72. The second-order valence-corrected chi connectivity index (χ2v) is 12.7. The van der Waals surface area contributed by atoms with E-state index in [0.29, 0.717) is 5.89 Å². The summed E-state index contributed by atoms with van der Waals surface area (Å²) in [5, 5.41) is 2.55. The van der Waals surface area contributed by atoms with Gasteiger partial charge in [-0.15, -0.1) is 11.3 Å². The van der Waals surface area contributed by atoms with Crippen LogP contribution in [0.4, 0.5) is 0 Å². The third-order valence-corrected chi connectivity index (χ3v) is 9.88. The van der Waals surface area contributed by atoms with Crippen LogP contribution in [0.25, 0.3) is 87.2 Å². The number of nitrogens with zero attached hydrogens (tertiary/aromatic N) is 1. The number of rotatable bonds is 5. The highest BCUT2D eigenvalue weighted by molar-refractivity contribution is 7.25. The van der Waals surface area contributed by atoms with Crippen LogP contribution in [-0.4, -0.2) is 4.98 Å². The molecule has 9 aromatic rings. The minimum Gasteiger partial charge on any atom is -0.436 e. The zero-order valence-corrected chi connectivity index (χ0v) is 25.7. The zero-order valence-electron chi connectivity index (χ0n) is 24.9. The number of hydrogen-bond donors (Lipinski definition) is 0. The molecule has 0 spiro atoms. The number of oxazole rings is 1. The molecule has 0 bridgehead atoms. The predicted molar refractivity (Wildman–Crippen MR) is 194 cm³/mol. The molecule has 216 valence electrons. The van der Waals surface area contributed by atoms with Gasteiger partial charge in [-0.1, -0.05) is 115 Å². The normalized spacial score (nSPS) is 11.5. The van der Waals surface area contributed by atoms with E-state index in [1.165, 1.54) is 36.9 Å². The molecule has 2 nitrogen and oxygen atoms in total. The summed E-state index contributed by atoms with van der Waals surface area (Å²) in [5.41, 5.74) is 11.7. The Morgan fingerprint density at radius 3 is 1.76 bits per heavy atom. The van der Waals surface area contributed by atoms with Gasteiger partial charge in [0.25, 0.3) is 0 Å². The lowest BCUT2D eigenvalue weighted by atomic mass is 9.95. The average molecular weight is 606 g/mol. The number of benzene rings is 7. The highest BCUT2D eigenvalue weighted by Gasteiger charge is 2.17. The summed E-state index contributed by atoms with van der Waals surface area (Å²) < 4.78 is 9.16. The van der Waals surface area contributed by atoms with Gasteiger partial charge in [-0.25, -0.2) is 4.98 Å². The van der Waals surface area contributed by atoms with Crippen LogP contribution in [0.2, 0.25) is 0 Å². The van der Waals surface area contributed by atoms with Crippen LogP contribution in [0.5, 0.6) is 0 Å². The molecule has 0 atom stereocenters. The Bertz CT molecular complexity index is 2510. The quantitative estimate of drug-likeness (QED) is 0.195. The van der Waals surface area contributed by atoms with E-state index in [0.717, 1.165) is 44.5 Å². The summed E-state index contributed by atoms with van der Waals surface area (Å²) in [6, 6.07) is 58.0. The molecular formula is C43H27NOS. The molecule has 0 aliphatic rings. The molecule has 0 radical (unpaired) electrons. The van der Waals surface area contributed by atoms with Crippen molar-refractivity contribution >= 4 is 42.6 Å². The van der Waals surface area contributed by atoms with Crippen molar-refractivity contribution < 1.29 is 4.42 Å². The summed E-state index contributed by atoms with van der Waals surface area (Å²) in [6.45, 7) is 0. The van der Waals surface area contributed by atoms with Crippen LogP contribution in [0.3, 0.4) is 0 Å². The molecule has 0 N–H and O–H groups in total. The molecular weight excluding hydrogens is 579 g/mol. The summed E-state index contributed by atoms with van der Waals surface area (Å²) in [6.07, 6.45) is 0. The second-order valence-electron chi connectivity index (χ2n) is 11.6. The maximum atomic E-state index is 6.57. The Hall–Kier alpha value is -5.77. The minimum atomic E-state index is 0.619. The average Bonchev–Trinajstić information content (AvgIpc) is 3.74. The molecule has 0 unspecified atom stereocenters. The largest absolute Gasteiger partial charge is 0.436 e. The zero-order chi connectivity index (χ0) is 30.5. The van der Waals surface area contributed by atoms with Gasteiger partial charge in [-0.3, -0.25) is 0 Å². The van der Waals surface area contributed by atoms with Crippen LogP contribution >= 0.6 is 11.3 Å². The van der Waals surface area contributed by atoms with Crippen molar-refractivity contribution in [3.63, 3.8) is 0 Å². The van der Waals surface area contributed by atoms with E-state index in [9.17, 15) is 0 Å². The molecule has 0 saturated carbocycles. The molecule has 0 fully saturated rings. The van der Waals surface area contributed by atoms with Gasteiger partial charge in [0.15, 0.2) is 5.58 Å². The van der Waals surface area contributed by atoms with Crippen molar-refractivity contribution in [2.45, 2.75) is 0 Å². The lowest BCUT2D eigenvalue weighted by molar-refractivity contribution is 0.620. The van der Waals surface area contributed by atoms with Crippen LogP contribution in [0.15, 0.2) is 168 Å². The molecule has 0 aliphatic carbocycles. The second kappa shape index (κ2) is 11.0. The van der Waals surface area contributed by atoms with E-state index in [-0.39, 0.29) is 0 Å². The first-order chi connectivity index (χ1) is 22.8. The lowest BCUT2D eigenvalue weighted by Crippen LogP contribution is -1.86. The van der Waals surface area contributed by atoms with Crippen molar-refractivity contribution in [3.8, 4) is 56.0 Å². The topological polar surface area (TPSA) is 26.0 Å². The fraction of sp³-hybridized carbons (Fsp3) is 0. The van der Waals surface area contributed by atoms with Crippen molar-refractivity contribution in [1.82, 2.24) is 4.98 Å². The molecule has 46 heavy (non-hydrogen) atoms. The third kappa shape index (κ3) is 4.70. The molecule has 0 saturated heterocycles. The Kier molecular flexibility index (Phi) is 6.36. The monoisotopic (exact) mass is 605 g/mol. The highest BCUT2D eigenvalue weighted by Crippen LogP contribution is 2.41. The van der Waals surface area contributed by atoms with E-state index in [4.69, 9.17) is 9.40 Å². The number of fused-ring (bicyclic) bond motifs is 4. The highest BCUT2D eigenvalue weighted by atomic mass is 32.1. The molecule has 9 rings (SSSR count). The van der Waals surface area contributed by atoms with Crippen LogP contribution in [-0.2, 0) is 0 Å². The Morgan fingerprint density at radius 1 is 0.391 bits per heavy atom. The molecule has 3 heteroatoms. The number of thiophene rings is 1. The lowest BCUT2D eigenvalue weighted by Gasteiger charge is -2.10. The molecule has 2 aromatic heterocycles. The minimum absolute atomic E-state index is 0.619. The van der Waals surface area contributed by atoms with E-state index < -0.39 is 0 Å². The van der Waals surface area contributed by atoms with E-state index in [1.807, 2.05) is 17.4 Å². The van der Waals surface area contributed by atoms with E-state index in [2.05, 4.69) is 158 Å².